The lowest BCUT2D eigenvalue weighted by molar-refractivity contribution is 0.130. The van der Waals surface area contributed by atoms with Gasteiger partial charge in [0.1, 0.15) is 17.6 Å². The first-order valence-corrected chi connectivity index (χ1v) is 6.72. The summed E-state index contributed by atoms with van der Waals surface area (Å²) in [4.78, 5) is 7.24. The van der Waals surface area contributed by atoms with Gasteiger partial charge in [0.25, 0.3) is 0 Å². The quantitative estimate of drug-likeness (QED) is 0.728. The average Bonchev–Trinajstić information content (AvgIpc) is 2.90. The fraction of sp³-hybridized carbons (Fsp3) is 0.188. The van der Waals surface area contributed by atoms with Crippen molar-refractivity contribution >= 4 is 16.7 Å². The number of hydrogen-bond donors (Lipinski definition) is 2. The third-order valence-electron chi connectivity index (χ3n) is 3.64. The first kappa shape index (κ1) is 14.5. The molecule has 2 aromatic heterocycles. The number of nitrogen functional groups attached to an aromatic ring is 1. The number of aromatic nitrogens is 2. The predicted molar refractivity (Wildman–Crippen MR) is 80.5 cm³/mol. The number of ether oxygens (including phenoxy) is 1. The van der Waals surface area contributed by atoms with E-state index in [-0.39, 0.29) is 11.3 Å². The summed E-state index contributed by atoms with van der Waals surface area (Å²) in [6, 6.07) is 4.22. The minimum Gasteiger partial charge on any atom is -0.396 e. The second kappa shape index (κ2) is 5.38. The molecule has 0 spiro atoms. The van der Waals surface area contributed by atoms with Gasteiger partial charge in [-0.2, -0.15) is 0 Å². The fourth-order valence-corrected chi connectivity index (χ4v) is 2.57. The van der Waals surface area contributed by atoms with E-state index in [1.54, 1.807) is 12.4 Å². The molecule has 0 bridgehead atoms. The lowest BCUT2D eigenvalue weighted by Gasteiger charge is -2.17. The van der Waals surface area contributed by atoms with Gasteiger partial charge < -0.3 is 15.5 Å². The number of halogens is 2. The molecule has 0 saturated heterocycles. The van der Waals surface area contributed by atoms with Gasteiger partial charge in [-0.15, -0.1) is 0 Å². The lowest BCUT2D eigenvalue weighted by Crippen LogP contribution is -2.10. The zero-order valence-corrected chi connectivity index (χ0v) is 12.2. The molecule has 0 fully saturated rings. The number of nitrogens with one attached hydrogen (secondary N) is 1. The monoisotopic (exact) mass is 303 g/mol. The van der Waals surface area contributed by atoms with E-state index >= 15 is 0 Å². The number of nitrogens with two attached hydrogens (primary N) is 1. The number of nitrogens with zero attached hydrogens (tertiary/aromatic N) is 1. The average molecular weight is 303 g/mol. The van der Waals surface area contributed by atoms with Crippen LogP contribution in [0.25, 0.3) is 11.0 Å². The Morgan fingerprint density at radius 2 is 2.09 bits per heavy atom. The van der Waals surface area contributed by atoms with E-state index in [0.717, 1.165) is 17.0 Å². The number of benzene rings is 1. The minimum atomic E-state index is -0.916. The number of hydrogen-bond acceptors (Lipinski definition) is 3. The van der Waals surface area contributed by atoms with E-state index < -0.39 is 17.7 Å². The van der Waals surface area contributed by atoms with Crippen LogP contribution in [-0.2, 0) is 4.74 Å². The number of pyridine rings is 1. The van der Waals surface area contributed by atoms with Crippen LogP contribution in [0.2, 0.25) is 0 Å². The maximum absolute atomic E-state index is 14.3. The molecule has 3 aromatic rings. The molecule has 1 unspecified atom stereocenters. The second-order valence-electron chi connectivity index (χ2n) is 5.13. The van der Waals surface area contributed by atoms with E-state index in [2.05, 4.69) is 9.97 Å². The second-order valence-corrected chi connectivity index (χ2v) is 5.13. The molecule has 22 heavy (non-hydrogen) atoms. The zero-order chi connectivity index (χ0) is 15.9. The molecule has 0 radical (unpaired) electrons. The summed E-state index contributed by atoms with van der Waals surface area (Å²) < 4.78 is 33.8. The summed E-state index contributed by atoms with van der Waals surface area (Å²) in [5, 5.41) is 0.757. The van der Waals surface area contributed by atoms with Gasteiger partial charge in [-0.1, -0.05) is 0 Å². The van der Waals surface area contributed by atoms with Gasteiger partial charge in [-0.3, -0.25) is 0 Å². The topological polar surface area (TPSA) is 63.9 Å². The standard InChI is InChI=1S/C16H15F2N3O/c1-8-5-9-10(7-21-16(9)20-6-8)15(22-2)13-11(17)3-4-12(19)14(13)18/h3-7,15H,19H2,1-2H3,(H,20,21). The summed E-state index contributed by atoms with van der Waals surface area (Å²) >= 11 is 0. The van der Waals surface area contributed by atoms with Crippen molar-refractivity contribution in [1.29, 1.82) is 0 Å². The molecule has 1 aromatic carbocycles. The lowest BCUT2D eigenvalue weighted by atomic mass is 9.99. The van der Waals surface area contributed by atoms with Crippen LogP contribution < -0.4 is 5.73 Å². The van der Waals surface area contributed by atoms with Crippen LogP contribution in [0, 0.1) is 18.6 Å². The zero-order valence-electron chi connectivity index (χ0n) is 12.2. The summed E-state index contributed by atoms with van der Waals surface area (Å²) in [5.41, 5.74) is 7.41. The molecule has 0 amide bonds. The van der Waals surface area contributed by atoms with Crippen molar-refractivity contribution in [1.82, 2.24) is 9.97 Å². The molecule has 114 valence electrons. The van der Waals surface area contributed by atoms with Crippen molar-refractivity contribution in [3.63, 3.8) is 0 Å². The van der Waals surface area contributed by atoms with Crippen LogP contribution in [0.5, 0.6) is 0 Å². The van der Waals surface area contributed by atoms with Crippen LogP contribution in [0.3, 0.4) is 0 Å². The van der Waals surface area contributed by atoms with Gasteiger partial charge in [0.05, 0.1) is 11.3 Å². The SMILES string of the molecule is COC(c1c(F)ccc(N)c1F)c1c[nH]c2ncc(C)cc12. The van der Waals surface area contributed by atoms with Gasteiger partial charge in [0.15, 0.2) is 5.82 Å². The van der Waals surface area contributed by atoms with Gasteiger partial charge in [0.2, 0.25) is 0 Å². The fourth-order valence-electron chi connectivity index (χ4n) is 2.57. The molecular weight excluding hydrogens is 288 g/mol. The Morgan fingerprint density at radius 1 is 1.32 bits per heavy atom. The van der Waals surface area contributed by atoms with Crippen LogP contribution in [-0.4, -0.2) is 17.1 Å². The van der Waals surface area contributed by atoms with E-state index in [9.17, 15) is 8.78 Å². The first-order chi connectivity index (χ1) is 10.5. The van der Waals surface area contributed by atoms with Crippen molar-refractivity contribution in [2.45, 2.75) is 13.0 Å². The van der Waals surface area contributed by atoms with Crippen LogP contribution in [0.4, 0.5) is 14.5 Å². The molecule has 3 N–H and O–H groups in total. The number of anilines is 1. The molecule has 4 nitrogen and oxygen atoms in total. The molecule has 0 aliphatic carbocycles. The maximum Gasteiger partial charge on any atom is 0.155 e. The summed E-state index contributed by atoms with van der Waals surface area (Å²) in [5.74, 6) is -1.50. The highest BCUT2D eigenvalue weighted by Crippen LogP contribution is 2.35. The molecule has 0 saturated carbocycles. The van der Waals surface area contributed by atoms with E-state index in [4.69, 9.17) is 10.5 Å². The number of aryl methyl sites for hydroxylation is 1. The molecule has 2 heterocycles. The smallest absolute Gasteiger partial charge is 0.155 e. The van der Waals surface area contributed by atoms with Crippen molar-refractivity contribution in [2.24, 2.45) is 0 Å². The number of methoxy groups -OCH3 is 1. The number of rotatable bonds is 3. The van der Waals surface area contributed by atoms with Crippen molar-refractivity contribution in [3.05, 3.63) is 58.9 Å². The minimum absolute atomic E-state index is 0.118. The van der Waals surface area contributed by atoms with Crippen LogP contribution in [0.1, 0.15) is 22.8 Å². The Balaban J connectivity index is 2.23. The summed E-state index contributed by atoms with van der Waals surface area (Å²) in [6.07, 6.45) is 2.44. The Morgan fingerprint density at radius 3 is 2.82 bits per heavy atom. The number of fused-ring (bicyclic) bond motifs is 1. The van der Waals surface area contributed by atoms with Crippen LogP contribution >= 0.6 is 0 Å². The van der Waals surface area contributed by atoms with E-state index in [1.165, 1.54) is 13.2 Å². The van der Waals surface area contributed by atoms with Crippen molar-refractivity contribution < 1.29 is 13.5 Å². The Kier molecular flexibility index (Phi) is 3.54. The molecule has 1 atom stereocenters. The maximum atomic E-state index is 14.3. The van der Waals surface area contributed by atoms with Gasteiger partial charge in [-0.25, -0.2) is 13.8 Å². The van der Waals surface area contributed by atoms with E-state index in [1.807, 2.05) is 13.0 Å². The van der Waals surface area contributed by atoms with E-state index in [0.29, 0.717) is 11.2 Å². The predicted octanol–water partition coefficient (Wildman–Crippen LogP) is 3.47. The molecule has 3 rings (SSSR count). The Bertz CT molecular complexity index is 845. The Labute approximate surface area is 125 Å². The number of H-pyrrole nitrogens is 1. The molecular formula is C16H15F2N3O. The number of aromatic amines is 1. The normalized spacial score (nSPS) is 12.7. The molecule has 6 heteroatoms. The van der Waals surface area contributed by atoms with Crippen LogP contribution in [0.15, 0.2) is 30.6 Å². The largest absolute Gasteiger partial charge is 0.396 e. The first-order valence-electron chi connectivity index (χ1n) is 6.72. The molecule has 0 aliphatic rings. The summed E-state index contributed by atoms with van der Waals surface area (Å²) in [7, 11) is 1.40. The molecule has 0 aliphatic heterocycles. The third-order valence-corrected chi connectivity index (χ3v) is 3.64. The van der Waals surface area contributed by atoms with Gasteiger partial charge in [-0.05, 0) is 30.7 Å². The van der Waals surface area contributed by atoms with Gasteiger partial charge >= 0.3 is 0 Å². The summed E-state index contributed by atoms with van der Waals surface area (Å²) in [6.45, 7) is 1.90. The van der Waals surface area contributed by atoms with Crippen molar-refractivity contribution in [3.8, 4) is 0 Å². The van der Waals surface area contributed by atoms with Gasteiger partial charge in [0, 0.05) is 30.5 Å². The van der Waals surface area contributed by atoms with Crippen molar-refractivity contribution in [2.75, 3.05) is 12.8 Å². The Hall–Kier alpha value is -2.47. The highest BCUT2D eigenvalue weighted by Gasteiger charge is 2.26. The highest BCUT2D eigenvalue weighted by atomic mass is 19.1. The third kappa shape index (κ3) is 2.21. The highest BCUT2D eigenvalue weighted by molar-refractivity contribution is 5.81.